The first-order valence-electron chi connectivity index (χ1n) is 6.64. The lowest BCUT2D eigenvalue weighted by atomic mass is 10.1. The predicted octanol–water partition coefficient (Wildman–Crippen LogP) is 2.93. The Morgan fingerprint density at radius 3 is 2.70 bits per heavy atom. The Morgan fingerprint density at radius 1 is 1.45 bits per heavy atom. The number of carbonyl (C=O) groups is 2. The summed E-state index contributed by atoms with van der Waals surface area (Å²) in [6.45, 7) is 2.57. The average Bonchev–Trinajstić information content (AvgIpc) is 3.19. The molecular formula is C14H17FN2O3. The minimum absolute atomic E-state index is 0.00995. The third kappa shape index (κ3) is 3.07. The van der Waals surface area contributed by atoms with Crippen LogP contribution in [0.2, 0.25) is 0 Å². The summed E-state index contributed by atoms with van der Waals surface area (Å²) < 4.78 is 13.5. The second-order valence-corrected chi connectivity index (χ2v) is 4.82. The predicted molar refractivity (Wildman–Crippen MR) is 72.4 cm³/mol. The Morgan fingerprint density at radius 2 is 2.15 bits per heavy atom. The van der Waals surface area contributed by atoms with Crippen molar-refractivity contribution in [2.24, 2.45) is 0 Å². The lowest BCUT2D eigenvalue weighted by Gasteiger charge is -2.22. The van der Waals surface area contributed by atoms with Crippen LogP contribution in [-0.4, -0.2) is 34.6 Å². The number of hydrogen-bond acceptors (Lipinski definition) is 2. The van der Waals surface area contributed by atoms with Crippen LogP contribution >= 0.6 is 0 Å². The number of rotatable bonds is 5. The zero-order valence-corrected chi connectivity index (χ0v) is 11.2. The van der Waals surface area contributed by atoms with Gasteiger partial charge in [0.25, 0.3) is 0 Å². The standard InChI is InChI=1S/C14H17FN2O3/c1-2-8-17(9-6-7-9)14(20)16-11-5-3-4-10(15)12(11)13(18)19/h3-5,9H,2,6-8H2,1H3,(H,16,20)(H,18,19). The summed E-state index contributed by atoms with van der Waals surface area (Å²) in [5.41, 5.74) is -0.516. The van der Waals surface area contributed by atoms with Gasteiger partial charge < -0.3 is 15.3 Å². The number of halogens is 1. The third-order valence-corrected chi connectivity index (χ3v) is 3.18. The summed E-state index contributed by atoms with van der Waals surface area (Å²) in [6, 6.07) is 3.67. The van der Waals surface area contributed by atoms with Crippen LogP contribution in [0.25, 0.3) is 0 Å². The molecule has 0 heterocycles. The van der Waals surface area contributed by atoms with Crippen molar-refractivity contribution >= 4 is 17.7 Å². The van der Waals surface area contributed by atoms with Crippen LogP contribution in [-0.2, 0) is 0 Å². The quantitative estimate of drug-likeness (QED) is 0.871. The zero-order valence-electron chi connectivity index (χ0n) is 11.2. The summed E-state index contributed by atoms with van der Waals surface area (Å²) in [7, 11) is 0. The first kappa shape index (κ1) is 14.3. The Bertz CT molecular complexity index is 529. The molecule has 0 atom stereocenters. The van der Waals surface area contributed by atoms with E-state index in [2.05, 4.69) is 5.32 Å². The van der Waals surface area contributed by atoms with Gasteiger partial charge in [0.1, 0.15) is 11.4 Å². The molecule has 20 heavy (non-hydrogen) atoms. The normalized spacial score (nSPS) is 13.9. The highest BCUT2D eigenvalue weighted by molar-refractivity contribution is 6.00. The maximum Gasteiger partial charge on any atom is 0.340 e. The number of hydrogen-bond donors (Lipinski definition) is 2. The van der Waals surface area contributed by atoms with Crippen molar-refractivity contribution < 1.29 is 19.1 Å². The molecule has 0 aromatic heterocycles. The van der Waals surface area contributed by atoms with Crippen molar-refractivity contribution in [3.05, 3.63) is 29.6 Å². The second kappa shape index (κ2) is 5.90. The smallest absolute Gasteiger partial charge is 0.340 e. The van der Waals surface area contributed by atoms with Gasteiger partial charge in [0, 0.05) is 12.6 Å². The highest BCUT2D eigenvalue weighted by atomic mass is 19.1. The number of aromatic carboxylic acids is 1. The molecule has 2 N–H and O–H groups in total. The van der Waals surface area contributed by atoms with Gasteiger partial charge in [0.15, 0.2) is 0 Å². The van der Waals surface area contributed by atoms with Gasteiger partial charge in [-0.3, -0.25) is 0 Å². The maximum atomic E-state index is 13.5. The van der Waals surface area contributed by atoms with Crippen molar-refractivity contribution in [3.8, 4) is 0 Å². The van der Waals surface area contributed by atoms with E-state index >= 15 is 0 Å². The molecule has 0 radical (unpaired) electrons. The van der Waals surface area contributed by atoms with Crippen molar-refractivity contribution in [1.29, 1.82) is 0 Å². The molecule has 2 rings (SSSR count). The van der Waals surface area contributed by atoms with Gasteiger partial charge in [-0.25, -0.2) is 14.0 Å². The summed E-state index contributed by atoms with van der Waals surface area (Å²) in [4.78, 5) is 24.9. The Kier molecular flexibility index (Phi) is 4.22. The van der Waals surface area contributed by atoms with E-state index in [9.17, 15) is 14.0 Å². The van der Waals surface area contributed by atoms with Crippen LogP contribution in [0.1, 0.15) is 36.5 Å². The van der Waals surface area contributed by atoms with E-state index < -0.39 is 17.3 Å². The highest BCUT2D eigenvalue weighted by Crippen LogP contribution is 2.28. The molecule has 1 aliphatic rings. The number of carboxylic acid groups (broad SMARTS) is 1. The number of amides is 2. The fourth-order valence-corrected chi connectivity index (χ4v) is 2.11. The molecule has 1 fully saturated rings. The minimum atomic E-state index is -1.40. The highest BCUT2D eigenvalue weighted by Gasteiger charge is 2.32. The molecule has 0 saturated heterocycles. The molecule has 0 aliphatic heterocycles. The van der Waals surface area contributed by atoms with Gasteiger partial charge in [-0.1, -0.05) is 13.0 Å². The van der Waals surface area contributed by atoms with E-state index in [-0.39, 0.29) is 17.8 Å². The first-order valence-corrected chi connectivity index (χ1v) is 6.64. The van der Waals surface area contributed by atoms with E-state index in [4.69, 9.17) is 5.11 Å². The Balaban J connectivity index is 2.18. The van der Waals surface area contributed by atoms with Crippen LogP contribution in [0.5, 0.6) is 0 Å². The van der Waals surface area contributed by atoms with E-state index in [0.717, 1.165) is 25.3 Å². The van der Waals surface area contributed by atoms with Gasteiger partial charge >= 0.3 is 12.0 Å². The molecular weight excluding hydrogens is 263 g/mol. The van der Waals surface area contributed by atoms with Gasteiger partial charge in [0.05, 0.1) is 5.69 Å². The van der Waals surface area contributed by atoms with Crippen molar-refractivity contribution in [2.45, 2.75) is 32.2 Å². The number of anilines is 1. The van der Waals surface area contributed by atoms with Crippen molar-refractivity contribution in [2.75, 3.05) is 11.9 Å². The van der Waals surface area contributed by atoms with E-state index in [1.807, 2.05) is 6.92 Å². The number of carboxylic acids is 1. The second-order valence-electron chi connectivity index (χ2n) is 4.82. The molecule has 1 aliphatic carbocycles. The van der Waals surface area contributed by atoms with Crippen LogP contribution in [0.15, 0.2) is 18.2 Å². The topological polar surface area (TPSA) is 69.6 Å². The molecule has 5 nitrogen and oxygen atoms in total. The number of nitrogens with zero attached hydrogens (tertiary/aromatic N) is 1. The Hall–Kier alpha value is -2.11. The summed E-state index contributed by atoms with van der Waals surface area (Å²) in [5, 5.41) is 11.5. The molecule has 2 amide bonds. The van der Waals surface area contributed by atoms with Crippen molar-refractivity contribution in [3.63, 3.8) is 0 Å². The zero-order chi connectivity index (χ0) is 14.7. The molecule has 108 valence electrons. The fraction of sp³-hybridized carbons (Fsp3) is 0.429. The van der Waals surface area contributed by atoms with Gasteiger partial charge in [-0.2, -0.15) is 0 Å². The van der Waals surface area contributed by atoms with Crippen LogP contribution in [0.4, 0.5) is 14.9 Å². The van der Waals surface area contributed by atoms with Gasteiger partial charge in [-0.05, 0) is 31.4 Å². The summed E-state index contributed by atoms with van der Waals surface area (Å²) in [6.07, 6.45) is 2.74. The molecule has 0 bridgehead atoms. The fourth-order valence-electron chi connectivity index (χ4n) is 2.11. The molecule has 0 unspecified atom stereocenters. The Labute approximate surface area is 116 Å². The minimum Gasteiger partial charge on any atom is -0.478 e. The van der Waals surface area contributed by atoms with Crippen LogP contribution < -0.4 is 5.32 Å². The molecule has 0 spiro atoms. The van der Waals surface area contributed by atoms with Gasteiger partial charge in [-0.15, -0.1) is 0 Å². The lowest BCUT2D eigenvalue weighted by molar-refractivity contribution is 0.0693. The average molecular weight is 280 g/mol. The summed E-state index contributed by atoms with van der Waals surface area (Å²) in [5.74, 6) is -2.25. The van der Waals surface area contributed by atoms with Crippen LogP contribution in [0.3, 0.4) is 0 Å². The number of carbonyl (C=O) groups excluding carboxylic acids is 1. The van der Waals surface area contributed by atoms with E-state index in [1.54, 1.807) is 4.90 Å². The number of nitrogens with one attached hydrogen (secondary N) is 1. The molecule has 6 heteroatoms. The van der Waals surface area contributed by atoms with Crippen molar-refractivity contribution in [1.82, 2.24) is 4.90 Å². The van der Waals surface area contributed by atoms with Gasteiger partial charge in [0.2, 0.25) is 0 Å². The molecule has 1 aromatic carbocycles. The summed E-state index contributed by atoms with van der Waals surface area (Å²) >= 11 is 0. The third-order valence-electron chi connectivity index (χ3n) is 3.18. The van der Waals surface area contributed by atoms with E-state index in [0.29, 0.717) is 6.54 Å². The SMILES string of the molecule is CCCN(C(=O)Nc1cccc(F)c1C(=O)O)C1CC1. The monoisotopic (exact) mass is 280 g/mol. The number of benzene rings is 1. The van der Waals surface area contributed by atoms with E-state index in [1.165, 1.54) is 12.1 Å². The van der Waals surface area contributed by atoms with Crippen LogP contribution in [0, 0.1) is 5.82 Å². The number of urea groups is 1. The molecule has 1 saturated carbocycles. The lowest BCUT2D eigenvalue weighted by Crippen LogP contribution is -2.37. The maximum absolute atomic E-state index is 13.5. The largest absolute Gasteiger partial charge is 0.478 e. The molecule has 1 aromatic rings. The first-order chi connectivity index (χ1) is 9.54.